The predicted octanol–water partition coefficient (Wildman–Crippen LogP) is 2.75. The van der Waals surface area contributed by atoms with E-state index in [-0.39, 0.29) is 23.3 Å². The molecule has 1 atom stereocenters. The van der Waals surface area contributed by atoms with E-state index < -0.39 is 5.91 Å². The van der Waals surface area contributed by atoms with Gasteiger partial charge in [0.1, 0.15) is 17.1 Å². The van der Waals surface area contributed by atoms with Gasteiger partial charge >= 0.3 is 0 Å². The van der Waals surface area contributed by atoms with Crippen molar-refractivity contribution in [2.75, 3.05) is 18.8 Å². The van der Waals surface area contributed by atoms with Crippen molar-refractivity contribution >= 4 is 17.6 Å². The Morgan fingerprint density at radius 1 is 1.14 bits per heavy atom. The molecular formula is C21H27N5O2. The second kappa shape index (κ2) is 7.88. The molecule has 0 saturated carbocycles. The summed E-state index contributed by atoms with van der Waals surface area (Å²) in [5.74, 6) is -0.315. The highest BCUT2D eigenvalue weighted by Gasteiger charge is 2.30. The van der Waals surface area contributed by atoms with Gasteiger partial charge in [0.15, 0.2) is 0 Å². The van der Waals surface area contributed by atoms with Gasteiger partial charge in [-0.15, -0.1) is 0 Å². The van der Waals surface area contributed by atoms with Crippen molar-refractivity contribution in [3.05, 3.63) is 47.0 Å². The molecule has 1 saturated heterocycles. The van der Waals surface area contributed by atoms with E-state index in [0.717, 1.165) is 29.6 Å². The van der Waals surface area contributed by atoms with Gasteiger partial charge in [-0.2, -0.15) is 5.10 Å². The summed E-state index contributed by atoms with van der Waals surface area (Å²) < 4.78 is 1.67. The predicted molar refractivity (Wildman–Crippen MR) is 109 cm³/mol. The first-order valence-corrected chi connectivity index (χ1v) is 9.47. The van der Waals surface area contributed by atoms with Crippen molar-refractivity contribution < 1.29 is 9.59 Å². The summed E-state index contributed by atoms with van der Waals surface area (Å²) in [5, 5.41) is 4.64. The van der Waals surface area contributed by atoms with Gasteiger partial charge in [-0.1, -0.05) is 35.9 Å². The number of benzene rings is 1. The number of nitrogen functional groups attached to an aromatic ring is 1. The Bertz CT molecular complexity index is 926. The number of anilines is 1. The fourth-order valence-corrected chi connectivity index (χ4v) is 3.56. The average Bonchev–Trinajstić information content (AvgIpc) is 3.05. The molecule has 0 bridgehead atoms. The maximum atomic E-state index is 12.7. The zero-order valence-electron chi connectivity index (χ0n) is 16.6. The van der Waals surface area contributed by atoms with Crippen molar-refractivity contribution in [3.63, 3.8) is 0 Å². The molecule has 3 rings (SSSR count). The first kappa shape index (κ1) is 19.7. The molecule has 0 aliphatic carbocycles. The van der Waals surface area contributed by atoms with E-state index in [1.54, 1.807) is 4.68 Å². The number of carbonyl (C=O) groups is 2. The molecule has 1 aromatic heterocycles. The molecule has 2 aromatic rings. The first-order chi connectivity index (χ1) is 13.3. The summed E-state index contributed by atoms with van der Waals surface area (Å²) in [6.45, 7) is 6.93. The number of likely N-dealkylation sites (tertiary alicyclic amines) is 1. The van der Waals surface area contributed by atoms with Crippen molar-refractivity contribution in [2.24, 2.45) is 5.73 Å². The topological polar surface area (TPSA) is 107 Å². The number of hydrogen-bond acceptors (Lipinski definition) is 4. The first-order valence-electron chi connectivity index (χ1n) is 9.47. The Kier molecular flexibility index (Phi) is 5.53. The Morgan fingerprint density at radius 3 is 2.43 bits per heavy atom. The van der Waals surface area contributed by atoms with E-state index in [4.69, 9.17) is 11.5 Å². The molecule has 0 spiro atoms. The minimum absolute atomic E-state index is 0.0360. The van der Waals surface area contributed by atoms with Gasteiger partial charge in [0, 0.05) is 24.2 Å². The van der Waals surface area contributed by atoms with Crippen LogP contribution in [0, 0.1) is 0 Å². The fourth-order valence-electron chi connectivity index (χ4n) is 3.56. The Morgan fingerprint density at radius 2 is 1.82 bits per heavy atom. The van der Waals surface area contributed by atoms with Gasteiger partial charge in [-0.3, -0.25) is 9.59 Å². The van der Waals surface area contributed by atoms with Gasteiger partial charge in [0.05, 0.1) is 6.04 Å². The van der Waals surface area contributed by atoms with Crippen LogP contribution in [0.1, 0.15) is 50.0 Å². The average molecular weight is 381 g/mol. The second-order valence-corrected chi connectivity index (χ2v) is 7.46. The van der Waals surface area contributed by atoms with E-state index in [2.05, 4.69) is 5.10 Å². The highest BCUT2D eigenvalue weighted by atomic mass is 16.2. The monoisotopic (exact) mass is 381 g/mol. The zero-order valence-corrected chi connectivity index (χ0v) is 16.6. The molecule has 2 heterocycles. The standard InChI is InChI=1S/C21H27N5O2/c1-13(2)14(3)21(28)25-11-7-10-16(12-25)26-19(22)17(20(23)27)18(24-26)15-8-5-4-6-9-15/h4-6,8-9,16H,7,10-12,22H2,1-3H3,(H2,23,27). The quantitative estimate of drug-likeness (QED) is 0.794. The number of hydrogen-bond donors (Lipinski definition) is 2. The largest absolute Gasteiger partial charge is 0.383 e. The van der Waals surface area contributed by atoms with Gasteiger partial charge < -0.3 is 16.4 Å². The summed E-state index contributed by atoms with van der Waals surface area (Å²) in [6.07, 6.45) is 1.67. The third-order valence-corrected chi connectivity index (χ3v) is 5.34. The lowest BCUT2D eigenvalue weighted by Gasteiger charge is -2.33. The van der Waals surface area contributed by atoms with Gasteiger partial charge in [0.2, 0.25) is 5.91 Å². The van der Waals surface area contributed by atoms with E-state index in [1.807, 2.05) is 56.0 Å². The number of piperidine rings is 1. The van der Waals surface area contributed by atoms with Crippen LogP contribution in [-0.4, -0.2) is 39.6 Å². The normalized spacial score (nSPS) is 16.7. The highest BCUT2D eigenvalue weighted by molar-refractivity contribution is 6.03. The van der Waals surface area contributed by atoms with Crippen LogP contribution in [-0.2, 0) is 4.79 Å². The van der Waals surface area contributed by atoms with Crippen molar-refractivity contribution in [2.45, 2.75) is 39.7 Å². The third-order valence-electron chi connectivity index (χ3n) is 5.34. The third kappa shape index (κ3) is 3.65. The van der Waals surface area contributed by atoms with E-state index in [0.29, 0.717) is 18.8 Å². The number of allylic oxidation sites excluding steroid dienone is 1. The van der Waals surface area contributed by atoms with Crippen molar-refractivity contribution in [1.29, 1.82) is 0 Å². The summed E-state index contributed by atoms with van der Waals surface area (Å²) in [7, 11) is 0. The lowest BCUT2D eigenvalue weighted by atomic mass is 10.0. The van der Waals surface area contributed by atoms with Crippen LogP contribution in [0.3, 0.4) is 0 Å². The van der Waals surface area contributed by atoms with Crippen LogP contribution in [0.15, 0.2) is 41.5 Å². The minimum Gasteiger partial charge on any atom is -0.383 e. The Balaban J connectivity index is 1.96. The molecule has 1 aliphatic rings. The van der Waals surface area contributed by atoms with Gasteiger partial charge in [-0.25, -0.2) is 4.68 Å². The Hall–Kier alpha value is -3.09. The number of rotatable bonds is 4. The van der Waals surface area contributed by atoms with Crippen LogP contribution < -0.4 is 11.5 Å². The molecule has 1 unspecified atom stereocenters. The van der Waals surface area contributed by atoms with E-state index in [1.165, 1.54) is 0 Å². The molecule has 1 aliphatic heterocycles. The number of nitrogens with zero attached hydrogens (tertiary/aromatic N) is 3. The molecular weight excluding hydrogens is 354 g/mol. The molecule has 1 fully saturated rings. The number of aromatic nitrogens is 2. The van der Waals surface area contributed by atoms with Gasteiger partial charge in [-0.05, 0) is 33.6 Å². The van der Waals surface area contributed by atoms with Crippen molar-refractivity contribution in [3.8, 4) is 11.3 Å². The van der Waals surface area contributed by atoms with Crippen LogP contribution in [0.2, 0.25) is 0 Å². The molecule has 28 heavy (non-hydrogen) atoms. The smallest absolute Gasteiger partial charge is 0.254 e. The second-order valence-electron chi connectivity index (χ2n) is 7.46. The number of carbonyl (C=O) groups excluding carboxylic acids is 2. The molecule has 7 heteroatoms. The highest BCUT2D eigenvalue weighted by Crippen LogP contribution is 2.32. The van der Waals surface area contributed by atoms with Crippen LogP contribution >= 0.6 is 0 Å². The lowest BCUT2D eigenvalue weighted by Crippen LogP contribution is -2.41. The number of primary amides is 1. The van der Waals surface area contributed by atoms with Gasteiger partial charge in [0.25, 0.3) is 5.91 Å². The fraction of sp³-hybridized carbons (Fsp3) is 0.381. The van der Waals surface area contributed by atoms with Crippen LogP contribution in [0.5, 0.6) is 0 Å². The van der Waals surface area contributed by atoms with E-state index in [9.17, 15) is 9.59 Å². The summed E-state index contributed by atoms with van der Waals surface area (Å²) in [5.41, 5.74) is 15.2. The lowest BCUT2D eigenvalue weighted by molar-refractivity contribution is -0.128. The minimum atomic E-state index is -0.605. The molecule has 7 nitrogen and oxygen atoms in total. The molecule has 2 amide bonds. The SMILES string of the molecule is CC(C)=C(C)C(=O)N1CCCC(n2nc(-c3ccccc3)c(C(N)=O)c2N)C1. The molecule has 4 N–H and O–H groups in total. The molecule has 0 radical (unpaired) electrons. The maximum absolute atomic E-state index is 12.7. The zero-order chi connectivity index (χ0) is 20.4. The van der Waals surface area contributed by atoms with E-state index >= 15 is 0 Å². The number of amides is 2. The number of nitrogens with two attached hydrogens (primary N) is 2. The van der Waals surface area contributed by atoms with Crippen LogP contribution in [0.4, 0.5) is 5.82 Å². The summed E-state index contributed by atoms with van der Waals surface area (Å²) in [6, 6.07) is 9.28. The maximum Gasteiger partial charge on any atom is 0.254 e. The molecule has 1 aromatic carbocycles. The molecule has 148 valence electrons. The summed E-state index contributed by atoms with van der Waals surface area (Å²) >= 11 is 0. The van der Waals surface area contributed by atoms with Crippen molar-refractivity contribution in [1.82, 2.24) is 14.7 Å². The van der Waals surface area contributed by atoms with Crippen LogP contribution in [0.25, 0.3) is 11.3 Å². The Labute approximate surface area is 165 Å². The summed E-state index contributed by atoms with van der Waals surface area (Å²) in [4.78, 5) is 26.6.